The van der Waals surface area contributed by atoms with Crippen molar-refractivity contribution >= 4 is 38.9 Å². The van der Waals surface area contributed by atoms with Crippen molar-refractivity contribution < 1.29 is 26.4 Å². The Morgan fingerprint density at radius 3 is 2.32 bits per heavy atom. The molecule has 1 saturated heterocycles. The molecule has 0 unspecified atom stereocenters. The number of nitrogens with zero attached hydrogens (tertiary/aromatic N) is 2. The van der Waals surface area contributed by atoms with Gasteiger partial charge in [0.2, 0.25) is 15.9 Å². The molecule has 1 aliphatic heterocycles. The van der Waals surface area contributed by atoms with Crippen LogP contribution in [0, 0.1) is 0 Å². The summed E-state index contributed by atoms with van der Waals surface area (Å²) in [6.45, 7) is 1.39. The molecule has 0 spiro atoms. The number of benzene rings is 2. The molecule has 11 heteroatoms. The number of sulfonamides is 1. The van der Waals surface area contributed by atoms with Gasteiger partial charge in [-0.2, -0.15) is 17.5 Å². The molecule has 1 amide bonds. The van der Waals surface area contributed by atoms with Crippen LogP contribution in [0.5, 0.6) is 0 Å². The molecule has 3 rings (SSSR count). The van der Waals surface area contributed by atoms with Crippen molar-refractivity contribution in [2.75, 3.05) is 36.9 Å². The Morgan fingerprint density at radius 2 is 1.74 bits per heavy atom. The van der Waals surface area contributed by atoms with E-state index in [4.69, 9.17) is 11.6 Å². The third kappa shape index (κ3) is 5.50. The Hall–Kier alpha value is -2.30. The van der Waals surface area contributed by atoms with E-state index >= 15 is 0 Å². The Balaban J connectivity index is 1.67. The van der Waals surface area contributed by atoms with Gasteiger partial charge in [-0.1, -0.05) is 11.6 Å². The molecule has 0 radical (unpaired) electrons. The molecule has 0 saturated carbocycles. The number of likely N-dealkylation sites (N-methyl/N-ethyl adjacent to an activating group) is 1. The molecule has 1 N–H and O–H groups in total. The summed E-state index contributed by atoms with van der Waals surface area (Å²) in [7, 11) is -3.22. The lowest BCUT2D eigenvalue weighted by molar-refractivity contribution is -0.137. The SMILES string of the molecule is CN(CC(=O)Nc1ccc(N2CCCC2)cc1)S(=O)(=O)c1ccc(Cl)c(C(F)(F)F)c1. The molecule has 6 nitrogen and oxygen atoms in total. The number of hydrogen-bond acceptors (Lipinski definition) is 4. The first-order valence-corrected chi connectivity index (χ1v) is 11.3. The number of alkyl halides is 3. The molecule has 0 aliphatic carbocycles. The van der Waals surface area contributed by atoms with Gasteiger partial charge in [0.05, 0.1) is 22.0 Å². The molecule has 0 atom stereocenters. The second-order valence-corrected chi connectivity index (χ2v) is 9.64. The molecular formula is C20H21ClF3N3O3S. The summed E-state index contributed by atoms with van der Waals surface area (Å²) in [5.41, 5.74) is 0.272. The Kier molecular flexibility index (Phi) is 6.82. The van der Waals surface area contributed by atoms with Crippen LogP contribution in [0.4, 0.5) is 24.5 Å². The van der Waals surface area contributed by atoms with E-state index < -0.39 is 44.1 Å². The van der Waals surface area contributed by atoms with Crippen molar-refractivity contribution in [3.05, 3.63) is 53.1 Å². The fourth-order valence-electron chi connectivity index (χ4n) is 3.28. The second-order valence-electron chi connectivity index (χ2n) is 7.19. The van der Waals surface area contributed by atoms with Gasteiger partial charge < -0.3 is 10.2 Å². The van der Waals surface area contributed by atoms with Gasteiger partial charge in [-0.05, 0) is 55.3 Å². The van der Waals surface area contributed by atoms with Gasteiger partial charge in [0.15, 0.2) is 0 Å². The van der Waals surface area contributed by atoms with Crippen molar-refractivity contribution in [3.63, 3.8) is 0 Å². The van der Waals surface area contributed by atoms with Gasteiger partial charge in [0, 0.05) is 31.5 Å². The van der Waals surface area contributed by atoms with Crippen molar-refractivity contribution in [2.45, 2.75) is 23.9 Å². The first-order chi connectivity index (χ1) is 14.5. The van der Waals surface area contributed by atoms with Crippen LogP contribution in [0.15, 0.2) is 47.4 Å². The van der Waals surface area contributed by atoms with Crippen LogP contribution in [0.3, 0.4) is 0 Å². The summed E-state index contributed by atoms with van der Waals surface area (Å²) in [5, 5.41) is 1.99. The Morgan fingerprint density at radius 1 is 1.13 bits per heavy atom. The van der Waals surface area contributed by atoms with Crippen molar-refractivity contribution in [3.8, 4) is 0 Å². The zero-order valence-electron chi connectivity index (χ0n) is 16.6. The van der Waals surface area contributed by atoms with E-state index in [-0.39, 0.29) is 0 Å². The summed E-state index contributed by atoms with van der Waals surface area (Å²) in [5.74, 6) is -0.620. The zero-order chi connectivity index (χ0) is 22.8. The van der Waals surface area contributed by atoms with E-state index in [1.807, 2.05) is 12.1 Å². The number of carbonyl (C=O) groups is 1. The quantitative estimate of drug-likeness (QED) is 0.679. The maximum absolute atomic E-state index is 13.0. The van der Waals surface area contributed by atoms with E-state index in [9.17, 15) is 26.4 Å². The second kappa shape index (κ2) is 9.05. The van der Waals surface area contributed by atoms with Crippen molar-refractivity contribution in [1.29, 1.82) is 0 Å². The van der Waals surface area contributed by atoms with E-state index in [0.717, 1.165) is 50.8 Å². The summed E-state index contributed by atoms with van der Waals surface area (Å²) < 4.78 is 65.1. The average Bonchev–Trinajstić information content (AvgIpc) is 3.22. The Bertz CT molecular complexity index is 1050. The number of rotatable bonds is 6. The molecule has 1 aliphatic rings. The highest BCUT2D eigenvalue weighted by atomic mass is 35.5. The average molecular weight is 476 g/mol. The topological polar surface area (TPSA) is 69.7 Å². The minimum Gasteiger partial charge on any atom is -0.372 e. The standard InChI is InChI=1S/C20H21ClF3N3O3S/c1-26(31(29,30)16-8-9-18(21)17(12-16)20(22,23)24)13-19(28)25-14-4-6-15(7-5-14)27-10-2-3-11-27/h4-9,12H,2-3,10-11,13H2,1H3,(H,25,28). The van der Waals surface area contributed by atoms with Crippen LogP contribution in [0.25, 0.3) is 0 Å². The minimum atomic E-state index is -4.81. The largest absolute Gasteiger partial charge is 0.417 e. The predicted molar refractivity (Wildman–Crippen MR) is 113 cm³/mol. The number of hydrogen-bond donors (Lipinski definition) is 1. The van der Waals surface area contributed by atoms with E-state index in [1.54, 1.807) is 12.1 Å². The third-order valence-electron chi connectivity index (χ3n) is 4.94. The Labute approximate surface area is 183 Å². The number of carbonyl (C=O) groups excluding carboxylic acids is 1. The fraction of sp³-hybridized carbons (Fsp3) is 0.350. The lowest BCUT2D eigenvalue weighted by Gasteiger charge is -2.19. The van der Waals surface area contributed by atoms with Gasteiger partial charge in [-0.25, -0.2) is 8.42 Å². The van der Waals surface area contributed by atoms with Crippen LogP contribution in [0.1, 0.15) is 18.4 Å². The smallest absolute Gasteiger partial charge is 0.372 e. The molecule has 0 aromatic heterocycles. The summed E-state index contributed by atoms with van der Waals surface area (Å²) in [6, 6.07) is 9.47. The van der Waals surface area contributed by atoms with Crippen molar-refractivity contribution in [2.24, 2.45) is 0 Å². The highest BCUT2D eigenvalue weighted by Gasteiger charge is 2.35. The number of anilines is 2. The first kappa shape index (κ1) is 23.4. The molecule has 1 heterocycles. The normalized spacial score (nSPS) is 14.8. The van der Waals surface area contributed by atoms with Crippen LogP contribution in [-0.2, 0) is 21.0 Å². The number of amides is 1. The molecular weight excluding hydrogens is 455 g/mol. The molecule has 2 aromatic rings. The van der Waals surface area contributed by atoms with Crippen LogP contribution in [-0.4, -0.2) is 45.3 Å². The monoisotopic (exact) mass is 475 g/mol. The van der Waals surface area contributed by atoms with Crippen LogP contribution in [0.2, 0.25) is 5.02 Å². The van der Waals surface area contributed by atoms with Gasteiger partial charge >= 0.3 is 6.18 Å². The number of halogens is 4. The third-order valence-corrected chi connectivity index (χ3v) is 7.07. The predicted octanol–water partition coefficient (Wildman–Crippen LogP) is 4.22. The van der Waals surface area contributed by atoms with Gasteiger partial charge in [0.25, 0.3) is 0 Å². The van der Waals surface area contributed by atoms with E-state index in [0.29, 0.717) is 16.1 Å². The molecule has 168 valence electrons. The number of nitrogens with one attached hydrogen (secondary N) is 1. The lowest BCUT2D eigenvalue weighted by atomic mass is 10.2. The van der Waals surface area contributed by atoms with Gasteiger partial charge in [0.1, 0.15) is 0 Å². The van der Waals surface area contributed by atoms with Gasteiger partial charge in [-0.3, -0.25) is 4.79 Å². The maximum atomic E-state index is 13.0. The summed E-state index contributed by atoms with van der Waals surface area (Å²) in [4.78, 5) is 13.9. The molecule has 31 heavy (non-hydrogen) atoms. The highest BCUT2D eigenvalue weighted by molar-refractivity contribution is 7.89. The fourth-order valence-corrected chi connectivity index (χ4v) is 4.66. The highest BCUT2D eigenvalue weighted by Crippen LogP contribution is 2.36. The maximum Gasteiger partial charge on any atom is 0.417 e. The minimum absolute atomic E-state index is 0.461. The van der Waals surface area contributed by atoms with Crippen LogP contribution < -0.4 is 10.2 Å². The van der Waals surface area contributed by atoms with Crippen LogP contribution >= 0.6 is 11.6 Å². The van der Waals surface area contributed by atoms with Gasteiger partial charge in [-0.15, -0.1) is 0 Å². The molecule has 0 bridgehead atoms. The lowest BCUT2D eigenvalue weighted by Crippen LogP contribution is -2.35. The van der Waals surface area contributed by atoms with E-state index in [2.05, 4.69) is 10.2 Å². The summed E-state index contributed by atoms with van der Waals surface area (Å²) >= 11 is 5.54. The zero-order valence-corrected chi connectivity index (χ0v) is 18.2. The van der Waals surface area contributed by atoms with Crippen molar-refractivity contribution in [1.82, 2.24) is 4.31 Å². The first-order valence-electron chi connectivity index (χ1n) is 9.46. The molecule has 2 aromatic carbocycles. The molecule has 1 fully saturated rings. The summed E-state index contributed by atoms with van der Waals surface area (Å²) in [6.07, 6.45) is -2.53. The van der Waals surface area contributed by atoms with E-state index in [1.165, 1.54) is 0 Å².